The van der Waals surface area contributed by atoms with Crippen LogP contribution in [0.15, 0.2) is 16.6 Å². The molecule has 0 radical (unpaired) electrons. The maximum absolute atomic E-state index is 11.5. The lowest BCUT2D eigenvalue weighted by Gasteiger charge is -2.17. The predicted octanol–water partition coefficient (Wildman–Crippen LogP) is 3.98. The van der Waals surface area contributed by atoms with Gasteiger partial charge in [-0.15, -0.1) is 0 Å². The maximum Gasteiger partial charge on any atom is 0.174 e. The Balaban J connectivity index is 2.32. The molecular formula is C14H17BrO3. The molecule has 98 valence electrons. The van der Waals surface area contributed by atoms with E-state index in [4.69, 9.17) is 9.47 Å². The summed E-state index contributed by atoms with van der Waals surface area (Å²) in [6.45, 7) is 1.55. The normalized spacial score (nSPS) is 15.7. The van der Waals surface area contributed by atoms with Gasteiger partial charge in [-0.1, -0.05) is 0 Å². The summed E-state index contributed by atoms with van der Waals surface area (Å²) in [4.78, 5) is 11.5. The molecule has 1 aliphatic carbocycles. The third-order valence-electron chi connectivity index (χ3n) is 3.22. The SMILES string of the molecule is COc1c(Br)cc(C(C)=O)cc1OC1CCCC1. The lowest BCUT2D eigenvalue weighted by molar-refractivity contribution is 0.101. The number of ketones is 1. The van der Waals surface area contributed by atoms with Crippen molar-refractivity contribution in [2.75, 3.05) is 7.11 Å². The van der Waals surface area contributed by atoms with Gasteiger partial charge in [-0.05, 0) is 60.7 Å². The Morgan fingerprint density at radius 2 is 2.00 bits per heavy atom. The molecule has 2 rings (SSSR count). The zero-order chi connectivity index (χ0) is 13.1. The van der Waals surface area contributed by atoms with Gasteiger partial charge in [-0.3, -0.25) is 4.79 Å². The Bertz CT molecular complexity index is 451. The van der Waals surface area contributed by atoms with Crippen molar-refractivity contribution in [3.63, 3.8) is 0 Å². The Morgan fingerprint density at radius 1 is 1.33 bits per heavy atom. The van der Waals surface area contributed by atoms with E-state index in [1.807, 2.05) is 0 Å². The first-order valence-corrected chi connectivity index (χ1v) is 6.96. The smallest absolute Gasteiger partial charge is 0.174 e. The third kappa shape index (κ3) is 2.86. The zero-order valence-corrected chi connectivity index (χ0v) is 12.2. The van der Waals surface area contributed by atoms with E-state index in [9.17, 15) is 4.79 Å². The van der Waals surface area contributed by atoms with E-state index in [2.05, 4.69) is 15.9 Å². The van der Waals surface area contributed by atoms with E-state index in [0.29, 0.717) is 17.1 Å². The topological polar surface area (TPSA) is 35.5 Å². The zero-order valence-electron chi connectivity index (χ0n) is 10.7. The molecule has 0 bridgehead atoms. The first-order valence-electron chi connectivity index (χ1n) is 6.17. The highest BCUT2D eigenvalue weighted by molar-refractivity contribution is 9.10. The number of carbonyl (C=O) groups excluding carboxylic acids is 1. The highest BCUT2D eigenvalue weighted by atomic mass is 79.9. The van der Waals surface area contributed by atoms with E-state index in [-0.39, 0.29) is 11.9 Å². The number of benzene rings is 1. The lowest BCUT2D eigenvalue weighted by Crippen LogP contribution is -2.12. The molecule has 0 amide bonds. The molecule has 4 heteroatoms. The van der Waals surface area contributed by atoms with Gasteiger partial charge in [0, 0.05) is 5.56 Å². The molecule has 0 spiro atoms. The fourth-order valence-corrected chi connectivity index (χ4v) is 2.85. The summed E-state index contributed by atoms with van der Waals surface area (Å²) in [5.74, 6) is 1.34. The molecule has 0 atom stereocenters. The van der Waals surface area contributed by atoms with Crippen molar-refractivity contribution in [2.24, 2.45) is 0 Å². The van der Waals surface area contributed by atoms with Crippen LogP contribution in [0.25, 0.3) is 0 Å². The van der Waals surface area contributed by atoms with Crippen LogP contribution in [0.3, 0.4) is 0 Å². The van der Waals surface area contributed by atoms with Gasteiger partial charge in [0.15, 0.2) is 17.3 Å². The van der Waals surface area contributed by atoms with Crippen LogP contribution in [-0.4, -0.2) is 19.0 Å². The number of hydrogen-bond donors (Lipinski definition) is 0. The van der Waals surface area contributed by atoms with Gasteiger partial charge < -0.3 is 9.47 Å². The Kier molecular flexibility index (Phi) is 4.27. The highest BCUT2D eigenvalue weighted by Gasteiger charge is 2.20. The fourth-order valence-electron chi connectivity index (χ4n) is 2.24. The molecule has 1 saturated carbocycles. The van der Waals surface area contributed by atoms with Crippen LogP contribution in [0.1, 0.15) is 43.0 Å². The van der Waals surface area contributed by atoms with E-state index >= 15 is 0 Å². The molecule has 18 heavy (non-hydrogen) atoms. The molecule has 1 aliphatic rings. The van der Waals surface area contributed by atoms with Crippen molar-refractivity contribution in [3.8, 4) is 11.5 Å². The molecule has 0 unspecified atom stereocenters. The van der Waals surface area contributed by atoms with E-state index < -0.39 is 0 Å². The molecule has 1 aromatic rings. The summed E-state index contributed by atoms with van der Waals surface area (Å²) >= 11 is 3.42. The van der Waals surface area contributed by atoms with Gasteiger partial charge in [0.2, 0.25) is 0 Å². The highest BCUT2D eigenvalue weighted by Crippen LogP contribution is 2.38. The molecule has 0 heterocycles. The molecule has 0 saturated heterocycles. The van der Waals surface area contributed by atoms with E-state index in [0.717, 1.165) is 17.3 Å². The Morgan fingerprint density at radius 3 is 2.56 bits per heavy atom. The molecule has 0 N–H and O–H groups in total. The summed E-state index contributed by atoms with van der Waals surface area (Å²) in [5.41, 5.74) is 0.635. The number of hydrogen-bond acceptors (Lipinski definition) is 3. The van der Waals surface area contributed by atoms with Crippen molar-refractivity contribution >= 4 is 21.7 Å². The second kappa shape index (κ2) is 5.74. The lowest BCUT2D eigenvalue weighted by atomic mass is 10.1. The Hall–Kier alpha value is -1.03. The summed E-state index contributed by atoms with van der Waals surface area (Å²) in [6, 6.07) is 3.53. The molecular weight excluding hydrogens is 296 g/mol. The number of halogens is 1. The third-order valence-corrected chi connectivity index (χ3v) is 3.81. The summed E-state index contributed by atoms with van der Waals surface area (Å²) < 4.78 is 12.1. The average Bonchev–Trinajstić information content (AvgIpc) is 2.81. The second-order valence-corrected chi connectivity index (χ2v) is 5.42. The minimum absolute atomic E-state index is 0.0228. The number of Topliss-reactive ketones (excluding diaryl/α,β-unsaturated/α-hetero) is 1. The van der Waals surface area contributed by atoms with Crippen LogP contribution in [0, 0.1) is 0 Å². The van der Waals surface area contributed by atoms with Gasteiger partial charge in [0.05, 0.1) is 17.7 Å². The molecule has 1 aromatic carbocycles. The average molecular weight is 313 g/mol. The quantitative estimate of drug-likeness (QED) is 0.789. The largest absolute Gasteiger partial charge is 0.492 e. The number of carbonyl (C=O) groups is 1. The predicted molar refractivity (Wildman–Crippen MR) is 73.6 cm³/mol. The second-order valence-electron chi connectivity index (χ2n) is 4.57. The van der Waals surface area contributed by atoms with Gasteiger partial charge in [0.1, 0.15) is 0 Å². The molecule has 0 aliphatic heterocycles. The number of ether oxygens (including phenoxy) is 2. The maximum atomic E-state index is 11.5. The molecule has 1 fully saturated rings. The van der Waals surface area contributed by atoms with Crippen LogP contribution in [-0.2, 0) is 0 Å². The standard InChI is InChI=1S/C14H17BrO3/c1-9(16)10-7-12(15)14(17-2)13(8-10)18-11-5-3-4-6-11/h7-8,11H,3-6H2,1-2H3. The first kappa shape index (κ1) is 13.4. The van der Waals surface area contributed by atoms with Crippen LogP contribution < -0.4 is 9.47 Å². The summed E-state index contributed by atoms with van der Waals surface area (Å²) in [5, 5.41) is 0. The van der Waals surface area contributed by atoms with Crippen molar-refractivity contribution in [1.82, 2.24) is 0 Å². The minimum Gasteiger partial charge on any atom is -0.492 e. The molecule has 3 nitrogen and oxygen atoms in total. The van der Waals surface area contributed by atoms with Crippen LogP contribution >= 0.6 is 15.9 Å². The van der Waals surface area contributed by atoms with Crippen molar-refractivity contribution < 1.29 is 14.3 Å². The van der Waals surface area contributed by atoms with Crippen molar-refractivity contribution in [1.29, 1.82) is 0 Å². The summed E-state index contributed by atoms with van der Waals surface area (Å²) in [6.07, 6.45) is 4.81. The van der Waals surface area contributed by atoms with Gasteiger partial charge >= 0.3 is 0 Å². The van der Waals surface area contributed by atoms with Crippen molar-refractivity contribution in [2.45, 2.75) is 38.7 Å². The van der Waals surface area contributed by atoms with Crippen LogP contribution in [0.5, 0.6) is 11.5 Å². The van der Waals surface area contributed by atoms with Crippen LogP contribution in [0.2, 0.25) is 0 Å². The van der Waals surface area contributed by atoms with Gasteiger partial charge in [-0.2, -0.15) is 0 Å². The first-order chi connectivity index (χ1) is 8.61. The summed E-state index contributed by atoms with van der Waals surface area (Å²) in [7, 11) is 1.61. The van der Waals surface area contributed by atoms with Crippen LogP contribution in [0.4, 0.5) is 0 Å². The number of rotatable bonds is 4. The van der Waals surface area contributed by atoms with Gasteiger partial charge in [-0.25, -0.2) is 0 Å². The monoisotopic (exact) mass is 312 g/mol. The minimum atomic E-state index is 0.0228. The van der Waals surface area contributed by atoms with Gasteiger partial charge in [0.25, 0.3) is 0 Å². The van der Waals surface area contributed by atoms with E-state index in [1.165, 1.54) is 12.8 Å². The molecule has 0 aromatic heterocycles. The fraction of sp³-hybridized carbons (Fsp3) is 0.500. The Labute approximate surface area is 116 Å². The number of methoxy groups -OCH3 is 1. The van der Waals surface area contributed by atoms with E-state index in [1.54, 1.807) is 26.2 Å². The van der Waals surface area contributed by atoms with Crippen molar-refractivity contribution in [3.05, 3.63) is 22.2 Å².